The molecule has 0 saturated heterocycles. The molecule has 0 aliphatic rings. The highest BCUT2D eigenvalue weighted by molar-refractivity contribution is 5.67. The summed E-state index contributed by atoms with van der Waals surface area (Å²) in [4.78, 5) is 12.5. The predicted octanol–water partition coefficient (Wildman–Crippen LogP) is 2.81. The van der Waals surface area contributed by atoms with E-state index < -0.39 is 18.9 Å². The van der Waals surface area contributed by atoms with Crippen LogP contribution in [-0.2, 0) is 4.74 Å². The topological polar surface area (TPSA) is 29.5 Å². The minimum absolute atomic E-state index is 0.421. The molecule has 0 aromatic carbocycles. The van der Waals surface area contributed by atoms with E-state index in [4.69, 9.17) is 0 Å². The van der Waals surface area contributed by atoms with Gasteiger partial charge in [0.15, 0.2) is 6.61 Å². The van der Waals surface area contributed by atoms with Gasteiger partial charge in [0.2, 0.25) is 0 Å². The van der Waals surface area contributed by atoms with Crippen LogP contribution in [-0.4, -0.2) is 36.9 Å². The van der Waals surface area contributed by atoms with Gasteiger partial charge in [0.05, 0.1) is 0 Å². The number of carbonyl (C=O) groups excluding carboxylic acids is 1. The van der Waals surface area contributed by atoms with E-state index in [1.54, 1.807) is 0 Å². The lowest BCUT2D eigenvalue weighted by atomic mass is 10.4. The number of rotatable bonds is 5. The molecule has 0 N–H and O–H groups in total. The Morgan fingerprint density at radius 2 is 1.67 bits per heavy atom. The normalized spacial score (nSPS) is 11.3. The summed E-state index contributed by atoms with van der Waals surface area (Å²) in [5.41, 5.74) is 0. The monoisotopic (exact) mass is 227 g/mol. The van der Waals surface area contributed by atoms with Gasteiger partial charge >= 0.3 is 12.3 Å². The van der Waals surface area contributed by atoms with Crippen molar-refractivity contribution in [3.05, 3.63) is 0 Å². The van der Waals surface area contributed by atoms with Crippen LogP contribution in [0.15, 0.2) is 0 Å². The van der Waals surface area contributed by atoms with Crippen LogP contribution in [0.2, 0.25) is 0 Å². The van der Waals surface area contributed by atoms with E-state index in [1.807, 2.05) is 13.8 Å². The SMILES string of the molecule is CCCN(CCC)C(=O)OCC(F)(F)F. The van der Waals surface area contributed by atoms with E-state index in [0.717, 1.165) is 0 Å². The van der Waals surface area contributed by atoms with Gasteiger partial charge in [0.1, 0.15) is 0 Å². The van der Waals surface area contributed by atoms with Gasteiger partial charge in [-0.1, -0.05) is 13.8 Å². The van der Waals surface area contributed by atoms with Crippen molar-refractivity contribution in [3.8, 4) is 0 Å². The Balaban J connectivity index is 4.02. The number of ether oxygens (including phenoxy) is 1. The molecule has 0 aliphatic carbocycles. The molecule has 0 bridgehead atoms. The molecule has 0 heterocycles. The van der Waals surface area contributed by atoms with Crippen LogP contribution in [0.25, 0.3) is 0 Å². The number of nitrogens with zero attached hydrogens (tertiary/aromatic N) is 1. The smallest absolute Gasteiger partial charge is 0.422 e. The first-order valence-electron chi connectivity index (χ1n) is 4.89. The van der Waals surface area contributed by atoms with Crippen LogP contribution in [0, 0.1) is 0 Å². The minimum Gasteiger partial charge on any atom is -0.440 e. The van der Waals surface area contributed by atoms with Gasteiger partial charge in [0, 0.05) is 13.1 Å². The van der Waals surface area contributed by atoms with E-state index in [-0.39, 0.29) is 0 Å². The average Bonchev–Trinajstić information content (AvgIpc) is 2.13. The highest BCUT2D eigenvalue weighted by atomic mass is 19.4. The van der Waals surface area contributed by atoms with Gasteiger partial charge in [-0.05, 0) is 12.8 Å². The molecule has 0 aromatic heterocycles. The Labute approximate surface area is 87.2 Å². The van der Waals surface area contributed by atoms with Crippen LogP contribution in [0.1, 0.15) is 26.7 Å². The number of carbonyl (C=O) groups is 1. The molecular weight excluding hydrogens is 211 g/mol. The van der Waals surface area contributed by atoms with Gasteiger partial charge in [0.25, 0.3) is 0 Å². The summed E-state index contributed by atoms with van der Waals surface area (Å²) >= 11 is 0. The van der Waals surface area contributed by atoms with Crippen LogP contribution in [0.5, 0.6) is 0 Å². The van der Waals surface area contributed by atoms with Crippen molar-refractivity contribution in [1.82, 2.24) is 4.90 Å². The van der Waals surface area contributed by atoms with Gasteiger partial charge in [-0.25, -0.2) is 4.79 Å². The van der Waals surface area contributed by atoms with Crippen molar-refractivity contribution < 1.29 is 22.7 Å². The molecule has 0 unspecified atom stereocenters. The standard InChI is InChI=1S/C9H16F3NO2/c1-3-5-13(6-4-2)8(14)15-7-9(10,11)12/h3-7H2,1-2H3. The molecule has 1 amide bonds. The van der Waals surface area contributed by atoms with E-state index >= 15 is 0 Å². The van der Waals surface area contributed by atoms with Gasteiger partial charge in [-0.15, -0.1) is 0 Å². The molecular formula is C9H16F3NO2. The quantitative estimate of drug-likeness (QED) is 0.722. The largest absolute Gasteiger partial charge is 0.440 e. The molecule has 15 heavy (non-hydrogen) atoms. The second-order valence-corrected chi connectivity index (χ2v) is 3.16. The van der Waals surface area contributed by atoms with Crippen LogP contribution >= 0.6 is 0 Å². The van der Waals surface area contributed by atoms with Crippen molar-refractivity contribution in [2.24, 2.45) is 0 Å². The first kappa shape index (κ1) is 14.1. The summed E-state index contributed by atoms with van der Waals surface area (Å²) in [6, 6.07) is 0. The minimum atomic E-state index is -4.46. The van der Waals surface area contributed by atoms with Crippen molar-refractivity contribution in [2.45, 2.75) is 32.9 Å². The molecule has 0 fully saturated rings. The summed E-state index contributed by atoms with van der Waals surface area (Å²) in [6.07, 6.45) is -3.96. The zero-order valence-corrected chi connectivity index (χ0v) is 8.93. The fourth-order valence-electron chi connectivity index (χ4n) is 1.07. The van der Waals surface area contributed by atoms with E-state index in [1.165, 1.54) is 4.90 Å². The third kappa shape index (κ3) is 7.04. The van der Waals surface area contributed by atoms with Crippen molar-refractivity contribution in [1.29, 1.82) is 0 Å². The summed E-state index contributed by atoms with van der Waals surface area (Å²) in [7, 11) is 0. The fourth-order valence-corrected chi connectivity index (χ4v) is 1.07. The molecule has 0 aromatic rings. The number of hydrogen-bond acceptors (Lipinski definition) is 2. The first-order valence-corrected chi connectivity index (χ1v) is 4.89. The highest BCUT2D eigenvalue weighted by Crippen LogP contribution is 2.15. The summed E-state index contributed by atoms with van der Waals surface area (Å²) in [5.74, 6) is 0. The molecule has 6 heteroatoms. The molecule has 90 valence electrons. The molecule has 0 atom stereocenters. The zero-order valence-electron chi connectivity index (χ0n) is 8.93. The van der Waals surface area contributed by atoms with E-state index in [9.17, 15) is 18.0 Å². The van der Waals surface area contributed by atoms with Crippen LogP contribution in [0.4, 0.5) is 18.0 Å². The number of alkyl halides is 3. The molecule has 3 nitrogen and oxygen atoms in total. The second kappa shape index (κ2) is 6.53. The van der Waals surface area contributed by atoms with Crippen molar-refractivity contribution in [2.75, 3.05) is 19.7 Å². The Morgan fingerprint density at radius 1 is 1.20 bits per heavy atom. The maximum atomic E-state index is 11.8. The van der Waals surface area contributed by atoms with Crippen LogP contribution in [0.3, 0.4) is 0 Å². The highest BCUT2D eigenvalue weighted by Gasteiger charge is 2.30. The molecule has 0 radical (unpaired) electrons. The van der Waals surface area contributed by atoms with Crippen molar-refractivity contribution >= 4 is 6.09 Å². The summed E-state index contributed by atoms with van der Waals surface area (Å²) in [6.45, 7) is 3.02. The maximum Gasteiger partial charge on any atom is 0.422 e. The maximum absolute atomic E-state index is 11.8. The lowest BCUT2D eigenvalue weighted by molar-refractivity contribution is -0.162. The number of hydrogen-bond donors (Lipinski definition) is 0. The first-order chi connectivity index (χ1) is 6.90. The summed E-state index contributed by atoms with van der Waals surface area (Å²) in [5, 5.41) is 0. The Hall–Kier alpha value is -0.940. The summed E-state index contributed by atoms with van der Waals surface area (Å²) < 4.78 is 39.4. The molecule has 0 rings (SSSR count). The van der Waals surface area contributed by atoms with Crippen molar-refractivity contribution in [3.63, 3.8) is 0 Å². The Morgan fingerprint density at radius 3 is 2.00 bits per heavy atom. The third-order valence-corrected chi connectivity index (χ3v) is 1.60. The predicted molar refractivity (Wildman–Crippen MR) is 49.6 cm³/mol. The fraction of sp³-hybridized carbons (Fsp3) is 0.889. The van der Waals surface area contributed by atoms with E-state index in [0.29, 0.717) is 25.9 Å². The molecule has 0 saturated carbocycles. The van der Waals surface area contributed by atoms with Gasteiger partial charge in [-0.2, -0.15) is 13.2 Å². The van der Waals surface area contributed by atoms with E-state index in [2.05, 4.69) is 4.74 Å². The second-order valence-electron chi connectivity index (χ2n) is 3.16. The average molecular weight is 227 g/mol. The van der Waals surface area contributed by atoms with Gasteiger partial charge in [-0.3, -0.25) is 0 Å². The number of halogens is 3. The molecule has 0 spiro atoms. The Bertz CT molecular complexity index is 188. The molecule has 0 aliphatic heterocycles. The zero-order chi connectivity index (χ0) is 11.9. The Kier molecular flexibility index (Phi) is 6.12. The van der Waals surface area contributed by atoms with Crippen LogP contribution < -0.4 is 0 Å². The number of amides is 1. The van der Waals surface area contributed by atoms with Gasteiger partial charge < -0.3 is 9.64 Å². The lowest BCUT2D eigenvalue weighted by Crippen LogP contribution is -2.35. The third-order valence-electron chi connectivity index (χ3n) is 1.60. The lowest BCUT2D eigenvalue weighted by Gasteiger charge is -2.21.